The summed E-state index contributed by atoms with van der Waals surface area (Å²) in [5.41, 5.74) is 1.83. The molecule has 0 saturated carbocycles. The minimum absolute atomic E-state index is 0.132. The van der Waals surface area contributed by atoms with Crippen LogP contribution in [0.25, 0.3) is 0 Å². The van der Waals surface area contributed by atoms with Gasteiger partial charge < -0.3 is 14.4 Å². The van der Waals surface area contributed by atoms with Crippen LogP contribution in [0.4, 0.5) is 0 Å². The Morgan fingerprint density at radius 3 is 2.12 bits per heavy atom. The molecule has 0 aliphatic carbocycles. The molecular formula is C20H26NO3+. The van der Waals surface area contributed by atoms with Crippen molar-refractivity contribution in [3.8, 4) is 5.75 Å². The Bertz CT molecular complexity index is 638. The number of methoxy groups -OCH3 is 1. The lowest BCUT2D eigenvalue weighted by Crippen LogP contribution is -3.07. The molecule has 0 saturated heterocycles. The predicted octanol–water partition coefficient (Wildman–Crippen LogP) is 1.90. The number of hydrogen-bond donors (Lipinski definition) is 1. The summed E-state index contributed by atoms with van der Waals surface area (Å²) < 4.78 is 10.9. The second kappa shape index (κ2) is 8.50. The number of hydrogen-bond acceptors (Lipinski definition) is 3. The summed E-state index contributed by atoms with van der Waals surface area (Å²) in [6.07, 6.45) is -0.132. The molecule has 0 fully saturated rings. The van der Waals surface area contributed by atoms with E-state index in [0.29, 0.717) is 0 Å². The molecule has 0 amide bonds. The zero-order chi connectivity index (χ0) is 17.5. The zero-order valence-corrected chi connectivity index (χ0v) is 14.8. The molecule has 0 bridgehead atoms. The van der Waals surface area contributed by atoms with Gasteiger partial charge in [-0.2, -0.15) is 0 Å². The van der Waals surface area contributed by atoms with E-state index in [0.717, 1.165) is 23.4 Å². The summed E-state index contributed by atoms with van der Waals surface area (Å²) in [6.45, 7) is 2.71. The number of rotatable bonds is 7. The normalized spacial score (nSPS) is 13.4. The summed E-state index contributed by atoms with van der Waals surface area (Å²) in [5, 5.41) is 0. The summed E-state index contributed by atoms with van der Waals surface area (Å²) in [4.78, 5) is 14.1. The first-order chi connectivity index (χ1) is 11.5. The second-order valence-electron chi connectivity index (χ2n) is 6.28. The lowest BCUT2D eigenvalue weighted by molar-refractivity contribution is -0.861. The van der Waals surface area contributed by atoms with Gasteiger partial charge in [0.1, 0.15) is 24.3 Å². The first-order valence-corrected chi connectivity index (χ1v) is 8.19. The zero-order valence-electron chi connectivity index (χ0n) is 14.8. The van der Waals surface area contributed by atoms with Crippen molar-refractivity contribution >= 4 is 5.97 Å². The van der Waals surface area contributed by atoms with Crippen LogP contribution in [0.15, 0.2) is 54.6 Å². The van der Waals surface area contributed by atoms with Crippen molar-refractivity contribution in [1.29, 1.82) is 0 Å². The Morgan fingerprint density at radius 2 is 1.58 bits per heavy atom. The third-order valence-corrected chi connectivity index (χ3v) is 3.83. The van der Waals surface area contributed by atoms with Crippen molar-refractivity contribution in [2.45, 2.75) is 18.9 Å². The van der Waals surface area contributed by atoms with Gasteiger partial charge in [-0.15, -0.1) is 0 Å². The number of nitrogens with one attached hydrogen (secondary N) is 1. The Kier molecular flexibility index (Phi) is 6.38. The van der Waals surface area contributed by atoms with Crippen LogP contribution in [0.1, 0.15) is 24.0 Å². The van der Waals surface area contributed by atoms with Gasteiger partial charge in [0, 0.05) is 0 Å². The van der Waals surface area contributed by atoms with E-state index in [1.165, 1.54) is 4.90 Å². The molecule has 0 aromatic heterocycles. The molecule has 2 atom stereocenters. The van der Waals surface area contributed by atoms with Crippen molar-refractivity contribution in [2.75, 3.05) is 27.7 Å². The highest BCUT2D eigenvalue weighted by Crippen LogP contribution is 2.28. The lowest BCUT2D eigenvalue weighted by atomic mass is 9.91. The molecule has 4 nitrogen and oxygen atoms in total. The van der Waals surface area contributed by atoms with E-state index in [-0.39, 0.29) is 12.1 Å². The molecule has 0 heterocycles. The SMILES string of the molecule is COc1ccc([C@H](C(=O)O[C@@H](C)C[NH+](C)C)c2ccccc2)cc1. The van der Waals surface area contributed by atoms with Crippen LogP contribution in [-0.4, -0.2) is 39.8 Å². The van der Waals surface area contributed by atoms with Gasteiger partial charge in [0.05, 0.1) is 21.2 Å². The van der Waals surface area contributed by atoms with E-state index < -0.39 is 5.92 Å². The smallest absolute Gasteiger partial charge is 0.318 e. The third kappa shape index (κ3) is 4.83. The topological polar surface area (TPSA) is 40.0 Å². The molecule has 1 N–H and O–H groups in total. The Morgan fingerprint density at radius 1 is 1.00 bits per heavy atom. The maximum atomic E-state index is 12.8. The van der Waals surface area contributed by atoms with E-state index in [4.69, 9.17) is 9.47 Å². The van der Waals surface area contributed by atoms with Gasteiger partial charge in [0.25, 0.3) is 0 Å². The Balaban J connectivity index is 2.27. The first-order valence-electron chi connectivity index (χ1n) is 8.19. The molecule has 0 unspecified atom stereocenters. The number of esters is 1. The highest BCUT2D eigenvalue weighted by Gasteiger charge is 2.26. The van der Waals surface area contributed by atoms with Crippen LogP contribution in [0.5, 0.6) is 5.75 Å². The molecule has 0 spiro atoms. The third-order valence-electron chi connectivity index (χ3n) is 3.83. The van der Waals surface area contributed by atoms with Crippen molar-refractivity contribution in [1.82, 2.24) is 0 Å². The van der Waals surface area contributed by atoms with Crippen LogP contribution in [0.2, 0.25) is 0 Å². The average molecular weight is 328 g/mol. The van der Waals surface area contributed by atoms with Crippen molar-refractivity contribution in [3.05, 3.63) is 65.7 Å². The van der Waals surface area contributed by atoms with Crippen molar-refractivity contribution < 1.29 is 19.2 Å². The van der Waals surface area contributed by atoms with Crippen LogP contribution in [0.3, 0.4) is 0 Å². The van der Waals surface area contributed by atoms with Gasteiger partial charge in [-0.1, -0.05) is 42.5 Å². The number of carbonyl (C=O) groups is 1. The van der Waals surface area contributed by atoms with Gasteiger partial charge in [-0.25, -0.2) is 0 Å². The van der Waals surface area contributed by atoms with E-state index in [9.17, 15) is 4.79 Å². The lowest BCUT2D eigenvalue weighted by Gasteiger charge is -2.21. The van der Waals surface area contributed by atoms with E-state index in [1.54, 1.807) is 7.11 Å². The van der Waals surface area contributed by atoms with Crippen LogP contribution >= 0.6 is 0 Å². The van der Waals surface area contributed by atoms with Crippen molar-refractivity contribution in [2.24, 2.45) is 0 Å². The van der Waals surface area contributed by atoms with Gasteiger partial charge in [-0.05, 0) is 30.2 Å². The highest BCUT2D eigenvalue weighted by atomic mass is 16.5. The number of carbonyl (C=O) groups excluding carboxylic acids is 1. The maximum Gasteiger partial charge on any atom is 0.318 e. The fraction of sp³-hybridized carbons (Fsp3) is 0.350. The standard InChI is InChI=1S/C20H25NO3/c1-15(14-21(2)3)24-20(22)19(16-8-6-5-7-9-16)17-10-12-18(23-4)13-11-17/h5-13,15,19H,14H2,1-4H3/p+1/t15-,19+/m0/s1. The fourth-order valence-corrected chi connectivity index (χ4v) is 2.79. The van der Waals surface area contributed by atoms with E-state index in [2.05, 4.69) is 0 Å². The number of likely N-dealkylation sites (N-methyl/N-ethyl adjacent to an activating group) is 1. The van der Waals surface area contributed by atoms with Gasteiger partial charge in [0.2, 0.25) is 0 Å². The molecule has 2 rings (SSSR count). The van der Waals surface area contributed by atoms with Gasteiger partial charge in [-0.3, -0.25) is 4.79 Å². The molecule has 2 aromatic rings. The van der Waals surface area contributed by atoms with Crippen LogP contribution < -0.4 is 9.64 Å². The number of benzene rings is 2. The highest BCUT2D eigenvalue weighted by molar-refractivity contribution is 5.82. The summed E-state index contributed by atoms with van der Waals surface area (Å²) in [7, 11) is 5.72. The van der Waals surface area contributed by atoms with Crippen LogP contribution in [0, 0.1) is 0 Å². The molecule has 4 heteroatoms. The summed E-state index contributed by atoms with van der Waals surface area (Å²) in [5.74, 6) is 0.111. The van der Waals surface area contributed by atoms with E-state index in [1.807, 2.05) is 75.6 Å². The number of quaternary nitrogens is 1. The largest absolute Gasteiger partial charge is 0.497 e. The monoisotopic (exact) mass is 328 g/mol. The predicted molar refractivity (Wildman–Crippen MR) is 94.5 cm³/mol. The number of ether oxygens (including phenoxy) is 2. The van der Waals surface area contributed by atoms with Gasteiger partial charge in [0.15, 0.2) is 0 Å². The Hall–Kier alpha value is -2.33. The molecule has 2 aromatic carbocycles. The molecule has 0 aliphatic rings. The van der Waals surface area contributed by atoms with E-state index >= 15 is 0 Å². The fourth-order valence-electron chi connectivity index (χ4n) is 2.79. The van der Waals surface area contributed by atoms with Crippen LogP contribution in [-0.2, 0) is 9.53 Å². The Labute approximate surface area is 144 Å². The second-order valence-corrected chi connectivity index (χ2v) is 6.28. The van der Waals surface area contributed by atoms with Gasteiger partial charge >= 0.3 is 5.97 Å². The minimum atomic E-state index is -0.434. The molecule has 128 valence electrons. The molecule has 24 heavy (non-hydrogen) atoms. The first kappa shape index (κ1) is 18.0. The molecular weight excluding hydrogens is 302 g/mol. The quantitative estimate of drug-likeness (QED) is 0.789. The maximum absolute atomic E-state index is 12.8. The summed E-state index contributed by atoms with van der Waals surface area (Å²) in [6, 6.07) is 17.3. The van der Waals surface area contributed by atoms with Crippen molar-refractivity contribution in [3.63, 3.8) is 0 Å². The molecule has 0 aliphatic heterocycles. The molecule has 0 radical (unpaired) electrons. The summed E-state index contributed by atoms with van der Waals surface area (Å²) >= 11 is 0. The minimum Gasteiger partial charge on any atom is -0.497 e. The average Bonchev–Trinajstić information content (AvgIpc) is 2.56.